The first-order valence-corrected chi connectivity index (χ1v) is 8.90. The Morgan fingerprint density at radius 1 is 1.14 bits per heavy atom. The minimum absolute atomic E-state index is 0.00626. The van der Waals surface area contributed by atoms with Gasteiger partial charge < -0.3 is 4.74 Å². The maximum absolute atomic E-state index is 12.9. The van der Waals surface area contributed by atoms with Crippen LogP contribution >= 0.6 is 0 Å². The minimum atomic E-state index is -3.48. The number of sulfonamides is 1. The zero-order valence-electron chi connectivity index (χ0n) is 13.7. The van der Waals surface area contributed by atoms with E-state index in [1.54, 1.807) is 23.5 Å². The summed E-state index contributed by atoms with van der Waals surface area (Å²) >= 11 is 0. The topological polar surface area (TPSA) is 46.6 Å². The van der Waals surface area contributed by atoms with Crippen molar-refractivity contribution in [3.63, 3.8) is 0 Å². The highest BCUT2D eigenvalue weighted by molar-refractivity contribution is 7.89. The minimum Gasteiger partial charge on any atom is -0.383 e. The molecule has 0 unspecified atom stereocenters. The molecule has 1 aromatic rings. The van der Waals surface area contributed by atoms with Gasteiger partial charge in [0.1, 0.15) is 0 Å². The van der Waals surface area contributed by atoms with Gasteiger partial charge in [-0.15, -0.1) is 0 Å². The smallest absolute Gasteiger partial charge is 0.243 e. The summed E-state index contributed by atoms with van der Waals surface area (Å²) < 4.78 is 32.5. The molecular formula is C16H27NO3S. The van der Waals surface area contributed by atoms with E-state index < -0.39 is 10.0 Å². The van der Waals surface area contributed by atoms with E-state index in [9.17, 15) is 8.42 Å². The number of methoxy groups -OCH3 is 1. The third kappa shape index (κ3) is 4.28. The molecule has 0 amide bonds. The molecule has 1 aromatic carbocycles. The van der Waals surface area contributed by atoms with E-state index in [2.05, 4.69) is 0 Å². The normalized spacial score (nSPS) is 12.3. The maximum Gasteiger partial charge on any atom is 0.243 e. The summed E-state index contributed by atoms with van der Waals surface area (Å²) in [6, 6.07) is 5.32. The van der Waals surface area contributed by atoms with Gasteiger partial charge in [0.2, 0.25) is 10.0 Å². The van der Waals surface area contributed by atoms with Crippen LogP contribution in [0.4, 0.5) is 0 Å². The molecule has 0 aromatic heterocycles. The Hall–Kier alpha value is -0.910. The lowest BCUT2D eigenvalue weighted by Crippen LogP contribution is -2.41. The van der Waals surface area contributed by atoms with Crippen molar-refractivity contribution in [2.75, 3.05) is 20.3 Å². The quantitative estimate of drug-likeness (QED) is 0.741. The molecule has 0 spiro atoms. The van der Waals surface area contributed by atoms with Crippen molar-refractivity contribution in [3.8, 4) is 0 Å². The van der Waals surface area contributed by atoms with Crippen LogP contribution in [0, 0.1) is 13.8 Å². The Labute approximate surface area is 129 Å². The lowest BCUT2D eigenvalue weighted by Gasteiger charge is -2.29. The van der Waals surface area contributed by atoms with E-state index in [0.717, 1.165) is 24.0 Å². The van der Waals surface area contributed by atoms with Crippen LogP contribution in [0.15, 0.2) is 23.1 Å². The lowest BCUT2D eigenvalue weighted by atomic mass is 10.1. The second kappa shape index (κ2) is 7.92. The molecule has 0 aliphatic carbocycles. The molecule has 0 fully saturated rings. The van der Waals surface area contributed by atoms with Crippen LogP contribution < -0.4 is 0 Å². The number of hydrogen-bond donors (Lipinski definition) is 0. The molecule has 0 aliphatic heterocycles. The fourth-order valence-electron chi connectivity index (χ4n) is 2.39. The lowest BCUT2D eigenvalue weighted by molar-refractivity contribution is 0.163. The van der Waals surface area contributed by atoms with Gasteiger partial charge in [0.15, 0.2) is 0 Å². The average Bonchev–Trinajstić information content (AvgIpc) is 2.46. The summed E-state index contributed by atoms with van der Waals surface area (Å²) in [5.74, 6) is 0. The fraction of sp³-hybridized carbons (Fsp3) is 0.625. The highest BCUT2D eigenvalue weighted by Crippen LogP contribution is 2.23. The van der Waals surface area contributed by atoms with E-state index >= 15 is 0 Å². The van der Waals surface area contributed by atoms with Crippen molar-refractivity contribution >= 4 is 10.0 Å². The van der Waals surface area contributed by atoms with E-state index in [4.69, 9.17) is 4.74 Å². The summed E-state index contributed by atoms with van der Waals surface area (Å²) in [6.07, 6.45) is 1.59. The third-order valence-corrected chi connectivity index (χ3v) is 5.90. The Morgan fingerprint density at radius 3 is 2.24 bits per heavy atom. The molecule has 0 heterocycles. The summed E-state index contributed by atoms with van der Waals surface area (Å²) in [6.45, 7) is 8.74. The summed E-state index contributed by atoms with van der Waals surface area (Å²) in [5.41, 5.74) is 2.09. The fourth-order valence-corrected chi connectivity index (χ4v) is 4.23. The molecular weight excluding hydrogens is 286 g/mol. The van der Waals surface area contributed by atoms with E-state index in [-0.39, 0.29) is 6.04 Å². The molecule has 1 rings (SSSR count). The third-order valence-electron chi connectivity index (χ3n) is 3.95. The van der Waals surface area contributed by atoms with E-state index in [1.165, 1.54) is 0 Å². The predicted octanol–water partition coefficient (Wildman–Crippen LogP) is 3.13. The number of aryl methyl sites for hydroxylation is 2. The van der Waals surface area contributed by atoms with Gasteiger partial charge in [-0.05, 0) is 49.9 Å². The highest BCUT2D eigenvalue weighted by atomic mass is 32.2. The molecule has 0 N–H and O–H groups in total. The van der Waals surface area contributed by atoms with Crippen LogP contribution in [-0.2, 0) is 14.8 Å². The van der Waals surface area contributed by atoms with Gasteiger partial charge in [-0.25, -0.2) is 8.42 Å². The van der Waals surface area contributed by atoms with Crippen LogP contribution in [0.1, 0.15) is 37.8 Å². The van der Waals surface area contributed by atoms with Crippen LogP contribution in [0.5, 0.6) is 0 Å². The second-order valence-electron chi connectivity index (χ2n) is 5.32. The Bertz CT molecular complexity index is 551. The van der Waals surface area contributed by atoms with Gasteiger partial charge in [0.25, 0.3) is 0 Å². The number of hydrogen-bond acceptors (Lipinski definition) is 3. The first-order valence-electron chi connectivity index (χ1n) is 7.46. The molecule has 0 saturated carbocycles. The molecule has 5 heteroatoms. The van der Waals surface area contributed by atoms with Gasteiger partial charge in [0.05, 0.1) is 11.5 Å². The van der Waals surface area contributed by atoms with Crippen molar-refractivity contribution in [3.05, 3.63) is 29.3 Å². The standard InChI is InChI=1S/C16H27NO3S/c1-6-15(7-2)17(10-11-20-5)21(18,19)16-9-8-13(3)14(4)12-16/h8-9,12,15H,6-7,10-11H2,1-5H3. The van der Waals surface area contributed by atoms with Gasteiger partial charge >= 0.3 is 0 Å². The van der Waals surface area contributed by atoms with Gasteiger partial charge in [-0.2, -0.15) is 4.31 Å². The van der Waals surface area contributed by atoms with Crippen LogP contribution in [0.2, 0.25) is 0 Å². The average molecular weight is 313 g/mol. The SMILES string of the molecule is CCC(CC)N(CCOC)S(=O)(=O)c1ccc(C)c(C)c1. The molecule has 21 heavy (non-hydrogen) atoms. The highest BCUT2D eigenvalue weighted by Gasteiger charge is 2.29. The Balaban J connectivity index is 3.21. The maximum atomic E-state index is 12.9. The van der Waals surface area contributed by atoms with Crippen molar-refractivity contribution in [1.29, 1.82) is 0 Å². The van der Waals surface area contributed by atoms with Crippen LogP contribution in [-0.4, -0.2) is 39.0 Å². The van der Waals surface area contributed by atoms with Crippen molar-refractivity contribution in [2.45, 2.75) is 51.5 Å². The summed E-state index contributed by atoms with van der Waals surface area (Å²) in [4.78, 5) is 0.369. The molecule has 0 atom stereocenters. The van der Waals surface area contributed by atoms with E-state index in [0.29, 0.717) is 18.0 Å². The zero-order chi connectivity index (χ0) is 16.0. The second-order valence-corrected chi connectivity index (χ2v) is 7.22. The molecule has 4 nitrogen and oxygen atoms in total. The van der Waals surface area contributed by atoms with Crippen LogP contribution in [0.3, 0.4) is 0 Å². The first-order chi connectivity index (χ1) is 9.88. The Kier molecular flexibility index (Phi) is 6.84. The van der Waals surface area contributed by atoms with Crippen molar-refractivity contribution in [1.82, 2.24) is 4.31 Å². The molecule has 0 bridgehead atoms. The predicted molar refractivity (Wildman–Crippen MR) is 86.1 cm³/mol. The number of nitrogens with zero attached hydrogens (tertiary/aromatic N) is 1. The molecule has 0 radical (unpaired) electrons. The summed E-state index contributed by atoms with van der Waals surface area (Å²) in [5, 5.41) is 0. The zero-order valence-corrected chi connectivity index (χ0v) is 14.5. The monoisotopic (exact) mass is 313 g/mol. The number of rotatable bonds is 8. The first kappa shape index (κ1) is 18.1. The molecule has 0 aliphatic rings. The summed E-state index contributed by atoms with van der Waals surface area (Å²) in [7, 11) is -1.89. The molecule has 0 saturated heterocycles. The van der Waals surface area contributed by atoms with Crippen molar-refractivity contribution in [2.24, 2.45) is 0 Å². The van der Waals surface area contributed by atoms with Gasteiger partial charge in [0, 0.05) is 19.7 Å². The van der Waals surface area contributed by atoms with Gasteiger partial charge in [-0.1, -0.05) is 19.9 Å². The molecule has 120 valence electrons. The number of ether oxygens (including phenoxy) is 1. The van der Waals surface area contributed by atoms with Crippen molar-refractivity contribution < 1.29 is 13.2 Å². The van der Waals surface area contributed by atoms with Crippen LogP contribution in [0.25, 0.3) is 0 Å². The number of benzene rings is 1. The Morgan fingerprint density at radius 2 is 1.76 bits per heavy atom. The van der Waals surface area contributed by atoms with E-state index in [1.807, 2.05) is 33.8 Å². The van der Waals surface area contributed by atoms with Gasteiger partial charge in [-0.3, -0.25) is 0 Å². The largest absolute Gasteiger partial charge is 0.383 e.